The van der Waals surface area contributed by atoms with Crippen LogP contribution in [0.2, 0.25) is 5.31 Å². The molecule has 1 saturated carbocycles. The monoisotopic (exact) mass is 358 g/mol. The van der Waals surface area contributed by atoms with E-state index in [0.717, 1.165) is 31.1 Å². The zero-order valence-electron chi connectivity index (χ0n) is 16.3. The van der Waals surface area contributed by atoms with Gasteiger partial charge in [-0.15, -0.1) is 0 Å². The number of ether oxygens (including phenoxy) is 3. The third kappa shape index (κ3) is 2.04. The molecule has 0 aromatic heterocycles. The fourth-order valence-corrected chi connectivity index (χ4v) is 5.32. The van der Waals surface area contributed by atoms with E-state index < -0.39 is 0 Å². The Bertz CT molecular complexity index is 741. The van der Waals surface area contributed by atoms with Crippen molar-refractivity contribution in [1.82, 2.24) is 0 Å². The maximum absolute atomic E-state index is 6.46. The summed E-state index contributed by atoms with van der Waals surface area (Å²) >= 11 is 0. The third-order valence-corrected chi connectivity index (χ3v) is 7.31. The maximum Gasteiger partial charge on any atom is 0.464 e. The Labute approximate surface area is 155 Å². The molecular formula is C20H27BO5. The molecule has 4 aliphatic rings. The Balaban J connectivity index is 1.51. The van der Waals surface area contributed by atoms with Gasteiger partial charge >= 0.3 is 7.12 Å². The smallest absolute Gasteiger partial charge is 0.454 e. The molecule has 1 aliphatic carbocycles. The van der Waals surface area contributed by atoms with Gasteiger partial charge < -0.3 is 23.5 Å². The number of hydrogen-bond acceptors (Lipinski definition) is 5. The lowest BCUT2D eigenvalue weighted by Crippen LogP contribution is -2.64. The molecule has 2 atom stereocenters. The molecule has 26 heavy (non-hydrogen) atoms. The number of rotatable bonds is 2. The van der Waals surface area contributed by atoms with Crippen LogP contribution in [0.25, 0.3) is 0 Å². The predicted octanol–water partition coefficient (Wildman–Crippen LogP) is 3.77. The van der Waals surface area contributed by atoms with Crippen LogP contribution in [0, 0.1) is 5.41 Å². The molecule has 1 aromatic rings. The first-order chi connectivity index (χ1) is 12.2. The lowest BCUT2D eigenvalue weighted by molar-refractivity contribution is -0.192. The van der Waals surface area contributed by atoms with Crippen LogP contribution in [0.5, 0.6) is 11.5 Å². The summed E-state index contributed by atoms with van der Waals surface area (Å²) < 4.78 is 29.7. The van der Waals surface area contributed by atoms with E-state index in [1.54, 1.807) is 0 Å². The Kier molecular flexibility index (Phi) is 3.23. The first-order valence-corrected chi connectivity index (χ1v) is 9.50. The van der Waals surface area contributed by atoms with E-state index in [4.69, 9.17) is 23.5 Å². The zero-order valence-corrected chi connectivity index (χ0v) is 16.3. The Morgan fingerprint density at radius 3 is 2.19 bits per heavy atom. The van der Waals surface area contributed by atoms with Crippen LogP contribution in [-0.4, -0.2) is 38.3 Å². The minimum atomic E-state index is -0.320. The van der Waals surface area contributed by atoms with Gasteiger partial charge in [0, 0.05) is 10.7 Å². The quantitative estimate of drug-likeness (QED) is 0.753. The maximum atomic E-state index is 6.46. The first-order valence-electron chi connectivity index (χ1n) is 9.50. The highest BCUT2D eigenvalue weighted by atomic mass is 16.7. The molecule has 5 rings (SSSR count). The predicted molar refractivity (Wildman–Crippen MR) is 97.6 cm³/mol. The largest absolute Gasteiger partial charge is 0.464 e. The summed E-state index contributed by atoms with van der Waals surface area (Å²) in [4.78, 5) is 0. The molecule has 1 spiro atoms. The van der Waals surface area contributed by atoms with Crippen molar-refractivity contribution in [2.24, 2.45) is 5.41 Å². The highest BCUT2D eigenvalue weighted by molar-refractivity contribution is 6.50. The van der Waals surface area contributed by atoms with Gasteiger partial charge in [-0.2, -0.15) is 0 Å². The highest BCUT2D eigenvalue weighted by Gasteiger charge is 2.72. The Morgan fingerprint density at radius 2 is 1.58 bits per heavy atom. The summed E-state index contributed by atoms with van der Waals surface area (Å²) in [6, 6.07) is 6.32. The van der Waals surface area contributed by atoms with Gasteiger partial charge in [0.15, 0.2) is 11.5 Å². The Hall–Kier alpha value is -1.24. The minimum absolute atomic E-state index is 0.0947. The summed E-state index contributed by atoms with van der Waals surface area (Å²) in [6.45, 7) is 12.7. The van der Waals surface area contributed by atoms with Crippen LogP contribution in [-0.2, 0) is 14.0 Å². The Morgan fingerprint density at radius 1 is 0.923 bits per heavy atom. The highest BCUT2D eigenvalue weighted by Crippen LogP contribution is 2.74. The first kappa shape index (κ1) is 16.9. The average molecular weight is 358 g/mol. The van der Waals surface area contributed by atoms with Crippen LogP contribution < -0.4 is 9.47 Å². The zero-order chi connectivity index (χ0) is 18.4. The molecule has 2 saturated heterocycles. The summed E-state index contributed by atoms with van der Waals surface area (Å²) in [5.74, 6) is 1.97. The van der Waals surface area contributed by atoms with Crippen molar-refractivity contribution in [2.45, 2.75) is 63.5 Å². The van der Waals surface area contributed by atoms with Gasteiger partial charge in [0.05, 0.1) is 24.4 Å². The average Bonchev–Trinajstić information content (AvgIpc) is 3.04. The van der Waals surface area contributed by atoms with E-state index in [1.807, 2.05) is 6.07 Å². The molecule has 0 radical (unpaired) electrons. The van der Waals surface area contributed by atoms with E-state index >= 15 is 0 Å². The molecule has 3 heterocycles. The molecule has 0 N–H and O–H groups in total. The SMILES string of the molecule is CC1(C)OB([C@]2(C)CC3(COC3)C2c2ccc3c(c2)OCO3)OC1(C)C. The second kappa shape index (κ2) is 4.97. The topological polar surface area (TPSA) is 46.2 Å². The second-order valence-electron chi connectivity index (χ2n) is 9.67. The second-order valence-corrected chi connectivity index (χ2v) is 9.67. The molecule has 1 unspecified atom stereocenters. The van der Waals surface area contributed by atoms with E-state index in [-0.39, 0.29) is 29.0 Å². The number of fused-ring (bicyclic) bond motifs is 1. The van der Waals surface area contributed by atoms with Gasteiger partial charge in [-0.25, -0.2) is 0 Å². The molecule has 3 aliphatic heterocycles. The number of hydrogen-bond donors (Lipinski definition) is 0. The van der Waals surface area contributed by atoms with Crippen molar-refractivity contribution in [3.05, 3.63) is 23.8 Å². The van der Waals surface area contributed by atoms with Crippen LogP contribution in [0.4, 0.5) is 0 Å². The van der Waals surface area contributed by atoms with Crippen LogP contribution in [0.1, 0.15) is 52.5 Å². The molecule has 6 heteroatoms. The van der Waals surface area contributed by atoms with E-state index in [1.165, 1.54) is 5.56 Å². The van der Waals surface area contributed by atoms with E-state index in [2.05, 4.69) is 46.8 Å². The van der Waals surface area contributed by atoms with Crippen LogP contribution in [0.15, 0.2) is 18.2 Å². The van der Waals surface area contributed by atoms with Gasteiger partial charge in [0.2, 0.25) is 6.79 Å². The van der Waals surface area contributed by atoms with Crippen molar-refractivity contribution in [2.75, 3.05) is 20.0 Å². The van der Waals surface area contributed by atoms with Gasteiger partial charge in [0.1, 0.15) is 0 Å². The minimum Gasteiger partial charge on any atom is -0.454 e. The summed E-state index contributed by atoms with van der Waals surface area (Å²) in [5, 5.41) is -0.0947. The molecular weight excluding hydrogens is 331 g/mol. The molecule has 140 valence electrons. The fraction of sp³-hybridized carbons (Fsp3) is 0.700. The van der Waals surface area contributed by atoms with Gasteiger partial charge in [-0.05, 0) is 57.7 Å². The summed E-state index contributed by atoms with van der Waals surface area (Å²) in [6.07, 6.45) is 1.05. The van der Waals surface area contributed by atoms with Crippen LogP contribution in [0.3, 0.4) is 0 Å². The summed E-state index contributed by atoms with van der Waals surface area (Å²) in [5.41, 5.74) is 0.810. The standard InChI is InChI=1S/C20H27BO5/c1-17(2)18(3,4)26-21(25-17)19(5)9-20(10-22-11-20)16(19)13-6-7-14-15(8-13)24-12-23-14/h6-8,16H,9-12H2,1-5H3/t16?,19-/m1/s1. The van der Waals surface area contributed by atoms with E-state index in [0.29, 0.717) is 12.7 Å². The van der Waals surface area contributed by atoms with Crippen molar-refractivity contribution in [3.8, 4) is 11.5 Å². The normalized spacial score (nSPS) is 35.3. The summed E-state index contributed by atoms with van der Waals surface area (Å²) in [7, 11) is -0.228. The van der Waals surface area contributed by atoms with Crippen molar-refractivity contribution < 1.29 is 23.5 Å². The van der Waals surface area contributed by atoms with Crippen molar-refractivity contribution in [3.63, 3.8) is 0 Å². The van der Waals surface area contributed by atoms with Gasteiger partial charge in [0.25, 0.3) is 0 Å². The lowest BCUT2D eigenvalue weighted by Gasteiger charge is -2.65. The van der Waals surface area contributed by atoms with Gasteiger partial charge in [-0.3, -0.25) is 0 Å². The van der Waals surface area contributed by atoms with Crippen molar-refractivity contribution in [1.29, 1.82) is 0 Å². The molecule has 5 nitrogen and oxygen atoms in total. The third-order valence-electron chi connectivity index (χ3n) is 7.31. The van der Waals surface area contributed by atoms with Crippen LogP contribution >= 0.6 is 0 Å². The van der Waals surface area contributed by atoms with Gasteiger partial charge in [-0.1, -0.05) is 13.0 Å². The van der Waals surface area contributed by atoms with E-state index in [9.17, 15) is 0 Å². The molecule has 0 bridgehead atoms. The van der Waals surface area contributed by atoms with Crippen molar-refractivity contribution >= 4 is 7.12 Å². The molecule has 0 amide bonds. The molecule has 1 aromatic carbocycles. The fourth-order valence-electron chi connectivity index (χ4n) is 5.32. The molecule has 3 fully saturated rings. The lowest BCUT2D eigenvalue weighted by atomic mass is 9.32. The number of benzene rings is 1.